The lowest BCUT2D eigenvalue weighted by Gasteiger charge is -2.31. The van der Waals surface area contributed by atoms with Gasteiger partial charge < -0.3 is 0 Å². The summed E-state index contributed by atoms with van der Waals surface area (Å²) in [6.07, 6.45) is 10.1. The van der Waals surface area contributed by atoms with E-state index in [1.807, 2.05) is 6.07 Å². The minimum absolute atomic E-state index is 0.219. The molecule has 2 aliphatic rings. The molecule has 1 aromatic carbocycles. The normalized spacial score (nSPS) is 31.2. The molecule has 132 valence electrons. The Morgan fingerprint density at radius 3 is 2.25 bits per heavy atom. The van der Waals surface area contributed by atoms with Crippen LogP contribution in [0.5, 0.6) is 0 Å². The summed E-state index contributed by atoms with van der Waals surface area (Å²) in [4.78, 5) is 0. The fraction of sp³-hybridized carbons (Fsp3) is 0.714. The molecule has 2 radical (unpaired) electrons. The molecule has 24 heavy (non-hydrogen) atoms. The van der Waals surface area contributed by atoms with Crippen LogP contribution in [0, 0.1) is 30.4 Å². The molecule has 2 fully saturated rings. The van der Waals surface area contributed by atoms with Crippen LogP contribution in [0.15, 0.2) is 12.1 Å². The van der Waals surface area contributed by atoms with E-state index >= 15 is 0 Å². The van der Waals surface area contributed by atoms with Crippen LogP contribution in [-0.2, 0) is 0 Å². The van der Waals surface area contributed by atoms with Crippen molar-refractivity contribution in [2.75, 3.05) is 0 Å². The Balaban J connectivity index is 1.47. The first-order chi connectivity index (χ1) is 11.5. The molecule has 0 aromatic heterocycles. The zero-order chi connectivity index (χ0) is 17.1. The van der Waals surface area contributed by atoms with Crippen LogP contribution in [0.1, 0.15) is 75.3 Å². The number of halogens is 2. The fourth-order valence-electron chi connectivity index (χ4n) is 4.45. The Kier molecular flexibility index (Phi) is 6.12. The van der Waals surface area contributed by atoms with Gasteiger partial charge >= 0.3 is 0 Å². The molecule has 0 heterocycles. The molecular formula is C21H30F2Si. The summed E-state index contributed by atoms with van der Waals surface area (Å²) in [5.41, 5.74) is 1.85. The highest BCUT2D eigenvalue weighted by Crippen LogP contribution is 2.41. The molecule has 0 atom stereocenters. The maximum atomic E-state index is 14.2. The van der Waals surface area contributed by atoms with Crippen LogP contribution in [0.2, 0.25) is 11.6 Å². The Morgan fingerprint density at radius 2 is 1.58 bits per heavy atom. The Morgan fingerprint density at radius 1 is 0.917 bits per heavy atom. The minimum Gasteiger partial charge on any atom is -0.203 e. The second kappa shape index (κ2) is 8.12. The average molecular weight is 349 g/mol. The van der Waals surface area contributed by atoms with Gasteiger partial charge in [0.2, 0.25) is 0 Å². The molecule has 0 N–H and O–H groups in total. The molecule has 2 aliphatic carbocycles. The van der Waals surface area contributed by atoms with Gasteiger partial charge in [-0.25, -0.2) is 8.78 Å². The fourth-order valence-corrected chi connectivity index (χ4v) is 6.27. The van der Waals surface area contributed by atoms with E-state index in [0.29, 0.717) is 11.1 Å². The van der Waals surface area contributed by atoms with Crippen molar-refractivity contribution in [3.05, 3.63) is 34.9 Å². The van der Waals surface area contributed by atoms with Gasteiger partial charge in [-0.05, 0) is 54.2 Å². The molecule has 0 amide bonds. The number of hydrogen-bond donors (Lipinski definition) is 0. The van der Waals surface area contributed by atoms with Crippen molar-refractivity contribution in [1.29, 1.82) is 0 Å². The van der Waals surface area contributed by atoms with Crippen LogP contribution in [0.4, 0.5) is 8.78 Å². The third kappa shape index (κ3) is 4.28. The van der Waals surface area contributed by atoms with E-state index in [1.54, 1.807) is 13.0 Å². The van der Waals surface area contributed by atoms with Crippen molar-refractivity contribution in [2.45, 2.75) is 82.7 Å². The summed E-state index contributed by atoms with van der Waals surface area (Å²) in [6.45, 7) is 4.01. The highest BCUT2D eigenvalue weighted by molar-refractivity contribution is 6.37. The standard InChI is InChI=1S/C21H30F2Si/c1-14-3-6-16(7-4-14)13-24-18-10-8-17(9-11-18)19-12-5-15(2)20(22)21(19)23/h5,12,14,16-18H,3-4,6-11,13H2,1-2H3. The molecule has 0 bridgehead atoms. The molecular weight excluding hydrogens is 318 g/mol. The zero-order valence-electron chi connectivity index (χ0n) is 15.1. The van der Waals surface area contributed by atoms with Crippen LogP contribution in [0.3, 0.4) is 0 Å². The summed E-state index contributed by atoms with van der Waals surface area (Å²) < 4.78 is 28.0. The summed E-state index contributed by atoms with van der Waals surface area (Å²) in [5, 5.41) is 0. The first-order valence-corrected chi connectivity index (χ1v) is 11.0. The summed E-state index contributed by atoms with van der Waals surface area (Å²) >= 11 is 0. The molecule has 0 saturated heterocycles. The predicted molar refractivity (Wildman–Crippen MR) is 97.7 cm³/mol. The third-order valence-electron chi connectivity index (χ3n) is 6.30. The van der Waals surface area contributed by atoms with Crippen molar-refractivity contribution in [3.63, 3.8) is 0 Å². The van der Waals surface area contributed by atoms with Crippen LogP contribution >= 0.6 is 0 Å². The van der Waals surface area contributed by atoms with Crippen molar-refractivity contribution >= 4 is 9.52 Å². The van der Waals surface area contributed by atoms with Gasteiger partial charge in [0.25, 0.3) is 0 Å². The summed E-state index contributed by atoms with van der Waals surface area (Å²) in [7, 11) is 1.08. The number of aryl methyl sites for hydroxylation is 1. The van der Waals surface area contributed by atoms with E-state index in [2.05, 4.69) is 6.92 Å². The van der Waals surface area contributed by atoms with Gasteiger partial charge in [0.05, 0.1) is 0 Å². The van der Waals surface area contributed by atoms with Gasteiger partial charge in [0, 0.05) is 9.52 Å². The zero-order valence-corrected chi connectivity index (χ0v) is 16.1. The largest absolute Gasteiger partial charge is 0.203 e. The highest BCUT2D eigenvalue weighted by Gasteiger charge is 2.27. The van der Waals surface area contributed by atoms with Crippen molar-refractivity contribution in [1.82, 2.24) is 0 Å². The van der Waals surface area contributed by atoms with E-state index in [9.17, 15) is 8.78 Å². The number of rotatable bonds is 4. The third-order valence-corrected chi connectivity index (χ3v) is 8.27. The van der Waals surface area contributed by atoms with Gasteiger partial charge in [-0.15, -0.1) is 0 Å². The smallest absolute Gasteiger partial charge is 0.162 e. The second-order valence-corrected chi connectivity index (χ2v) is 9.82. The maximum Gasteiger partial charge on any atom is 0.162 e. The average Bonchev–Trinajstić information content (AvgIpc) is 2.60. The van der Waals surface area contributed by atoms with Gasteiger partial charge in [-0.2, -0.15) is 0 Å². The minimum atomic E-state index is -0.650. The summed E-state index contributed by atoms with van der Waals surface area (Å²) in [5.74, 6) is 0.864. The topological polar surface area (TPSA) is 0 Å². The number of hydrogen-bond acceptors (Lipinski definition) is 0. The molecule has 0 nitrogen and oxygen atoms in total. The quantitative estimate of drug-likeness (QED) is 0.533. The lowest BCUT2D eigenvalue weighted by molar-refractivity contribution is 0.306. The van der Waals surface area contributed by atoms with Crippen LogP contribution in [-0.4, -0.2) is 9.52 Å². The van der Waals surface area contributed by atoms with Gasteiger partial charge in [-0.1, -0.05) is 63.6 Å². The summed E-state index contributed by atoms with van der Waals surface area (Å²) in [6, 6.07) is 4.95. The first-order valence-electron chi connectivity index (χ1n) is 9.72. The highest BCUT2D eigenvalue weighted by atomic mass is 28.2. The van der Waals surface area contributed by atoms with Gasteiger partial charge in [0.1, 0.15) is 0 Å². The molecule has 1 aromatic rings. The lowest BCUT2D eigenvalue weighted by atomic mass is 9.83. The Hall–Kier alpha value is -0.703. The first kappa shape index (κ1) is 18.1. The monoisotopic (exact) mass is 348 g/mol. The van der Waals surface area contributed by atoms with Crippen LogP contribution in [0.25, 0.3) is 0 Å². The molecule has 0 unspecified atom stereocenters. The van der Waals surface area contributed by atoms with E-state index in [4.69, 9.17) is 0 Å². The SMILES string of the molecule is Cc1ccc(C2CCC([Si]CC3CCC(C)CC3)CC2)c(F)c1F. The molecule has 3 heteroatoms. The van der Waals surface area contributed by atoms with E-state index in [0.717, 1.165) is 39.7 Å². The molecule has 0 aliphatic heterocycles. The Bertz CT molecular complexity index is 541. The molecule has 2 saturated carbocycles. The predicted octanol–water partition coefficient (Wildman–Crippen LogP) is 6.67. The van der Waals surface area contributed by atoms with Crippen molar-refractivity contribution in [2.24, 2.45) is 11.8 Å². The molecule has 0 spiro atoms. The van der Waals surface area contributed by atoms with E-state index in [1.165, 1.54) is 44.6 Å². The van der Waals surface area contributed by atoms with Crippen LogP contribution < -0.4 is 0 Å². The maximum absolute atomic E-state index is 14.2. The van der Waals surface area contributed by atoms with Crippen molar-refractivity contribution in [3.8, 4) is 0 Å². The van der Waals surface area contributed by atoms with E-state index < -0.39 is 11.6 Å². The number of benzene rings is 1. The van der Waals surface area contributed by atoms with Gasteiger partial charge in [0.15, 0.2) is 11.6 Å². The van der Waals surface area contributed by atoms with E-state index in [-0.39, 0.29) is 5.92 Å². The van der Waals surface area contributed by atoms with Gasteiger partial charge in [-0.3, -0.25) is 0 Å². The Labute approximate surface area is 148 Å². The molecule has 3 rings (SSSR count). The van der Waals surface area contributed by atoms with Crippen molar-refractivity contribution < 1.29 is 8.78 Å². The second-order valence-electron chi connectivity index (χ2n) is 8.18. The lowest BCUT2D eigenvalue weighted by Crippen LogP contribution is -2.19.